The number of halogens is 2. The average molecular weight is 490 g/mol. The van der Waals surface area contributed by atoms with Crippen molar-refractivity contribution in [3.05, 3.63) is 57.5 Å². The van der Waals surface area contributed by atoms with Crippen molar-refractivity contribution in [2.24, 2.45) is 0 Å². The Balaban J connectivity index is 1.96. The van der Waals surface area contributed by atoms with Crippen LogP contribution >= 0.6 is 27.5 Å². The van der Waals surface area contributed by atoms with E-state index in [2.05, 4.69) is 26.0 Å². The van der Waals surface area contributed by atoms with E-state index in [9.17, 15) is 13.2 Å². The van der Waals surface area contributed by atoms with Crippen LogP contribution < -0.4 is 14.8 Å². The number of hydrogen-bond donors (Lipinski definition) is 2. The highest BCUT2D eigenvalue weighted by atomic mass is 79.9. The summed E-state index contributed by atoms with van der Waals surface area (Å²) in [6.07, 6.45) is 0.682. The summed E-state index contributed by atoms with van der Waals surface area (Å²) in [7, 11) is -3.62. The van der Waals surface area contributed by atoms with Crippen LogP contribution in [0.4, 0.5) is 0 Å². The van der Waals surface area contributed by atoms with Gasteiger partial charge in [0.25, 0.3) is 5.91 Å². The molecule has 28 heavy (non-hydrogen) atoms. The molecule has 0 aliphatic rings. The third kappa shape index (κ3) is 6.48. The van der Waals surface area contributed by atoms with E-state index >= 15 is 0 Å². The Hall–Kier alpha value is -1.61. The summed E-state index contributed by atoms with van der Waals surface area (Å²) in [5.41, 5.74) is 0.954. The first kappa shape index (κ1) is 22.7. The van der Waals surface area contributed by atoms with Crippen LogP contribution in [-0.4, -0.2) is 27.5 Å². The topological polar surface area (TPSA) is 84.5 Å². The predicted molar refractivity (Wildman–Crippen MR) is 113 cm³/mol. The normalized spacial score (nSPS) is 12.4. The van der Waals surface area contributed by atoms with E-state index in [0.717, 1.165) is 10.0 Å². The summed E-state index contributed by atoms with van der Waals surface area (Å²) in [4.78, 5) is 12.2. The highest BCUT2D eigenvalue weighted by Crippen LogP contribution is 2.27. The Morgan fingerprint density at radius 3 is 2.64 bits per heavy atom. The molecule has 2 aromatic carbocycles. The molecule has 2 aromatic rings. The molecule has 9 heteroatoms. The van der Waals surface area contributed by atoms with Gasteiger partial charge in [-0.3, -0.25) is 4.79 Å². The molecule has 0 fully saturated rings. The van der Waals surface area contributed by atoms with Crippen LogP contribution in [0.2, 0.25) is 5.02 Å². The Labute approximate surface area is 178 Å². The van der Waals surface area contributed by atoms with Gasteiger partial charge in [-0.05, 0) is 49.2 Å². The fourth-order valence-corrected chi connectivity index (χ4v) is 4.25. The van der Waals surface area contributed by atoms with Crippen LogP contribution in [0.5, 0.6) is 5.75 Å². The van der Waals surface area contributed by atoms with E-state index in [4.69, 9.17) is 16.3 Å². The summed E-state index contributed by atoms with van der Waals surface area (Å²) in [6.45, 7) is 3.84. The van der Waals surface area contributed by atoms with Gasteiger partial charge in [-0.1, -0.05) is 46.6 Å². The molecule has 0 saturated heterocycles. The van der Waals surface area contributed by atoms with Crippen molar-refractivity contribution in [3.63, 3.8) is 0 Å². The number of nitrogens with one attached hydrogen (secondary N) is 2. The number of hydrogen-bond acceptors (Lipinski definition) is 4. The van der Waals surface area contributed by atoms with Gasteiger partial charge in [-0.2, -0.15) is 0 Å². The zero-order valence-electron chi connectivity index (χ0n) is 15.5. The standard InChI is InChI=1S/C19H22BrClN2O4S/c1-3-9-22-28(25,26)16-7-8-18(17(21)11-16)27-12-19(24)23-13(2)14-5-4-6-15(20)10-14/h4-8,10-11,13,22H,3,9,12H2,1-2H3,(H,23,24)/t13-/m0/s1. The van der Waals surface area contributed by atoms with Crippen LogP contribution in [0, 0.1) is 0 Å². The summed E-state index contributed by atoms with van der Waals surface area (Å²) in [6, 6.07) is 11.6. The van der Waals surface area contributed by atoms with Crippen molar-refractivity contribution in [2.75, 3.05) is 13.2 Å². The number of carbonyl (C=O) groups is 1. The lowest BCUT2D eigenvalue weighted by molar-refractivity contribution is -0.123. The molecule has 0 unspecified atom stereocenters. The largest absolute Gasteiger partial charge is 0.482 e. The second kappa shape index (κ2) is 10.2. The van der Waals surface area contributed by atoms with E-state index in [-0.39, 0.29) is 34.2 Å². The molecule has 2 N–H and O–H groups in total. The lowest BCUT2D eigenvalue weighted by atomic mass is 10.1. The Bertz CT molecular complexity index is 937. The summed E-state index contributed by atoms with van der Waals surface area (Å²) >= 11 is 9.52. The molecule has 0 radical (unpaired) electrons. The highest BCUT2D eigenvalue weighted by molar-refractivity contribution is 9.10. The lowest BCUT2D eigenvalue weighted by Crippen LogP contribution is -2.31. The first-order valence-electron chi connectivity index (χ1n) is 8.69. The van der Waals surface area contributed by atoms with E-state index in [1.807, 2.05) is 38.1 Å². The van der Waals surface area contributed by atoms with Gasteiger partial charge in [0.15, 0.2) is 6.61 Å². The lowest BCUT2D eigenvalue weighted by Gasteiger charge is -2.15. The molecular formula is C19H22BrClN2O4S. The molecule has 2 rings (SSSR count). The van der Waals surface area contributed by atoms with E-state index in [0.29, 0.717) is 13.0 Å². The SMILES string of the molecule is CCCNS(=O)(=O)c1ccc(OCC(=O)N[C@@H](C)c2cccc(Br)c2)c(Cl)c1. The van der Waals surface area contributed by atoms with Crippen molar-refractivity contribution in [3.8, 4) is 5.75 Å². The molecule has 1 amide bonds. The van der Waals surface area contributed by atoms with Crippen molar-refractivity contribution in [1.82, 2.24) is 10.0 Å². The number of benzene rings is 2. The molecule has 0 spiro atoms. The number of ether oxygens (including phenoxy) is 1. The van der Waals surface area contributed by atoms with Crippen LogP contribution in [0.25, 0.3) is 0 Å². The maximum absolute atomic E-state index is 12.1. The zero-order chi connectivity index (χ0) is 20.7. The van der Waals surface area contributed by atoms with Crippen LogP contribution in [-0.2, 0) is 14.8 Å². The number of amides is 1. The minimum Gasteiger partial charge on any atom is -0.482 e. The second-order valence-corrected chi connectivity index (χ2v) is 9.21. The van der Waals surface area contributed by atoms with Crippen LogP contribution in [0.1, 0.15) is 31.9 Å². The van der Waals surface area contributed by atoms with Gasteiger partial charge >= 0.3 is 0 Å². The van der Waals surface area contributed by atoms with Gasteiger partial charge in [0.1, 0.15) is 5.75 Å². The Morgan fingerprint density at radius 1 is 1.25 bits per heavy atom. The smallest absolute Gasteiger partial charge is 0.258 e. The molecule has 0 aromatic heterocycles. The number of rotatable bonds is 9. The Kier molecular flexibility index (Phi) is 8.30. The van der Waals surface area contributed by atoms with Gasteiger partial charge in [-0.15, -0.1) is 0 Å². The maximum atomic E-state index is 12.1. The molecule has 0 heterocycles. The molecular weight excluding hydrogens is 468 g/mol. The van der Waals surface area contributed by atoms with E-state index in [1.165, 1.54) is 18.2 Å². The zero-order valence-corrected chi connectivity index (χ0v) is 18.7. The number of sulfonamides is 1. The molecule has 0 saturated carbocycles. The molecule has 1 atom stereocenters. The first-order chi connectivity index (χ1) is 13.2. The van der Waals surface area contributed by atoms with Crippen molar-refractivity contribution in [1.29, 1.82) is 0 Å². The summed E-state index contributed by atoms with van der Waals surface area (Å²) in [5.74, 6) is -0.0776. The van der Waals surface area contributed by atoms with Crippen LogP contribution in [0.15, 0.2) is 51.8 Å². The van der Waals surface area contributed by atoms with Gasteiger partial charge in [0, 0.05) is 11.0 Å². The maximum Gasteiger partial charge on any atom is 0.258 e. The third-order valence-corrected chi connectivity index (χ3v) is 6.09. The fourth-order valence-electron chi connectivity index (χ4n) is 2.37. The molecule has 0 aliphatic heterocycles. The van der Waals surface area contributed by atoms with E-state index in [1.54, 1.807) is 0 Å². The monoisotopic (exact) mass is 488 g/mol. The van der Waals surface area contributed by atoms with Gasteiger partial charge in [-0.25, -0.2) is 13.1 Å². The molecule has 0 bridgehead atoms. The van der Waals surface area contributed by atoms with E-state index < -0.39 is 10.0 Å². The van der Waals surface area contributed by atoms with Crippen molar-refractivity contribution >= 4 is 43.5 Å². The molecule has 6 nitrogen and oxygen atoms in total. The first-order valence-corrected chi connectivity index (χ1v) is 11.3. The minimum absolute atomic E-state index is 0.0472. The van der Waals surface area contributed by atoms with Crippen molar-refractivity contribution in [2.45, 2.75) is 31.2 Å². The third-order valence-electron chi connectivity index (χ3n) is 3.84. The summed E-state index contributed by atoms with van der Waals surface area (Å²) in [5, 5.41) is 2.96. The second-order valence-electron chi connectivity index (χ2n) is 6.12. The van der Waals surface area contributed by atoms with Gasteiger partial charge in [0.2, 0.25) is 10.0 Å². The fraction of sp³-hybridized carbons (Fsp3) is 0.316. The average Bonchev–Trinajstić information content (AvgIpc) is 2.65. The number of carbonyl (C=O) groups excluding carboxylic acids is 1. The highest BCUT2D eigenvalue weighted by Gasteiger charge is 2.16. The molecule has 0 aliphatic carbocycles. The quantitative estimate of drug-likeness (QED) is 0.557. The minimum atomic E-state index is -3.62. The van der Waals surface area contributed by atoms with Crippen LogP contribution in [0.3, 0.4) is 0 Å². The summed E-state index contributed by atoms with van der Waals surface area (Å²) < 4.78 is 33.1. The Morgan fingerprint density at radius 2 is 2.00 bits per heavy atom. The van der Waals surface area contributed by atoms with Crippen molar-refractivity contribution < 1.29 is 17.9 Å². The van der Waals surface area contributed by atoms with Gasteiger partial charge < -0.3 is 10.1 Å². The predicted octanol–water partition coefficient (Wildman–Crippen LogP) is 4.05. The molecule has 152 valence electrons. The van der Waals surface area contributed by atoms with Gasteiger partial charge in [0.05, 0.1) is 16.0 Å².